The minimum absolute atomic E-state index is 0.312. The quantitative estimate of drug-likeness (QED) is 0.845. The molecule has 0 saturated heterocycles. The molecule has 2 N–H and O–H groups in total. The monoisotopic (exact) mass is 289 g/mol. The maximum absolute atomic E-state index is 6.33. The van der Waals surface area contributed by atoms with Gasteiger partial charge in [0.25, 0.3) is 0 Å². The van der Waals surface area contributed by atoms with Crippen LogP contribution in [-0.2, 0) is 12.8 Å². The summed E-state index contributed by atoms with van der Waals surface area (Å²) in [5, 5.41) is 0. The van der Waals surface area contributed by atoms with Gasteiger partial charge in [-0.05, 0) is 54.2 Å². The third kappa shape index (κ3) is 5.35. The Bertz CT molecular complexity index is 461. The number of fused-ring (bicyclic) bond motifs is 1. The summed E-state index contributed by atoms with van der Waals surface area (Å²) in [6, 6.07) is 6.92. The summed E-state index contributed by atoms with van der Waals surface area (Å²) in [5.74, 6) is 1.77. The highest BCUT2D eigenvalue weighted by Crippen LogP contribution is 2.28. The summed E-state index contributed by atoms with van der Waals surface area (Å²) >= 11 is 0. The Labute approximate surface area is 130 Å². The first kappa shape index (κ1) is 16.4. The van der Waals surface area contributed by atoms with Crippen molar-refractivity contribution in [3.63, 3.8) is 0 Å². The molecule has 0 spiro atoms. The molecule has 118 valence electrons. The molecular weight excluding hydrogens is 258 g/mol. The van der Waals surface area contributed by atoms with E-state index in [1.54, 1.807) is 0 Å². The normalized spacial score (nSPS) is 17.2. The van der Waals surface area contributed by atoms with Crippen molar-refractivity contribution in [2.75, 3.05) is 6.61 Å². The Morgan fingerprint density at radius 2 is 2.05 bits per heavy atom. The lowest BCUT2D eigenvalue weighted by Crippen LogP contribution is -2.25. The van der Waals surface area contributed by atoms with Gasteiger partial charge in [0.2, 0.25) is 0 Å². The highest BCUT2D eigenvalue weighted by molar-refractivity contribution is 5.39. The third-order valence-corrected chi connectivity index (χ3v) is 4.22. The van der Waals surface area contributed by atoms with Gasteiger partial charge in [-0.25, -0.2) is 0 Å². The van der Waals surface area contributed by atoms with Crippen molar-refractivity contribution >= 4 is 0 Å². The summed E-state index contributed by atoms with van der Waals surface area (Å²) in [7, 11) is 0. The molecule has 1 aliphatic rings. The number of rotatable bonds is 6. The summed E-state index contributed by atoms with van der Waals surface area (Å²) in [6.45, 7) is 10.1. The van der Waals surface area contributed by atoms with Crippen molar-refractivity contribution in [2.24, 2.45) is 17.1 Å². The zero-order valence-electron chi connectivity index (χ0n) is 14.1. The van der Waals surface area contributed by atoms with E-state index >= 15 is 0 Å². The Morgan fingerprint density at radius 1 is 1.29 bits per heavy atom. The molecule has 0 amide bonds. The smallest absolute Gasteiger partial charge is 0.122 e. The van der Waals surface area contributed by atoms with E-state index < -0.39 is 0 Å². The first-order chi connectivity index (χ1) is 9.83. The number of hydrogen-bond donors (Lipinski definition) is 1. The number of hydrogen-bond acceptors (Lipinski definition) is 2. The molecule has 21 heavy (non-hydrogen) atoms. The average Bonchev–Trinajstić information content (AvgIpc) is 2.81. The molecule has 0 radical (unpaired) electrons. The minimum atomic E-state index is 0.312. The highest BCUT2D eigenvalue weighted by atomic mass is 16.5. The fourth-order valence-electron chi connectivity index (χ4n) is 3.51. The molecule has 0 saturated carbocycles. The molecule has 2 rings (SSSR count). The highest BCUT2D eigenvalue weighted by Gasteiger charge is 2.18. The van der Waals surface area contributed by atoms with Crippen molar-refractivity contribution in [3.05, 3.63) is 29.3 Å². The second-order valence-electron chi connectivity index (χ2n) is 7.94. The molecular formula is C19H31NO. The van der Waals surface area contributed by atoms with Crippen LogP contribution in [0.25, 0.3) is 0 Å². The molecule has 1 heterocycles. The van der Waals surface area contributed by atoms with Crippen LogP contribution >= 0.6 is 0 Å². The van der Waals surface area contributed by atoms with E-state index in [0.29, 0.717) is 17.4 Å². The van der Waals surface area contributed by atoms with E-state index in [9.17, 15) is 0 Å². The van der Waals surface area contributed by atoms with Gasteiger partial charge in [0.05, 0.1) is 6.61 Å². The van der Waals surface area contributed by atoms with Crippen LogP contribution < -0.4 is 10.5 Å². The van der Waals surface area contributed by atoms with Crippen LogP contribution in [-0.4, -0.2) is 12.6 Å². The van der Waals surface area contributed by atoms with Crippen LogP contribution in [0.2, 0.25) is 0 Å². The Kier molecular flexibility index (Phi) is 5.32. The van der Waals surface area contributed by atoms with Crippen molar-refractivity contribution in [1.29, 1.82) is 0 Å². The van der Waals surface area contributed by atoms with Crippen LogP contribution in [0, 0.1) is 11.3 Å². The van der Waals surface area contributed by atoms with Crippen LogP contribution in [0.4, 0.5) is 0 Å². The average molecular weight is 289 g/mol. The minimum Gasteiger partial charge on any atom is -0.493 e. The van der Waals surface area contributed by atoms with Gasteiger partial charge in [0.15, 0.2) is 0 Å². The maximum atomic E-state index is 6.33. The molecule has 2 atom stereocenters. The zero-order chi connectivity index (χ0) is 15.5. The van der Waals surface area contributed by atoms with Crippen LogP contribution in [0.1, 0.15) is 58.1 Å². The molecule has 0 aromatic heterocycles. The van der Waals surface area contributed by atoms with Crippen molar-refractivity contribution < 1.29 is 4.74 Å². The largest absolute Gasteiger partial charge is 0.493 e. The van der Waals surface area contributed by atoms with E-state index in [-0.39, 0.29) is 0 Å². The topological polar surface area (TPSA) is 35.2 Å². The van der Waals surface area contributed by atoms with E-state index in [4.69, 9.17) is 10.5 Å². The van der Waals surface area contributed by atoms with Crippen molar-refractivity contribution in [3.8, 4) is 5.75 Å². The van der Waals surface area contributed by atoms with Gasteiger partial charge in [-0.3, -0.25) is 0 Å². The predicted molar refractivity (Wildman–Crippen MR) is 89.8 cm³/mol. The standard InChI is InChI=1S/C19H31NO/c1-14(13-19(2,3)4)11-17(20)7-5-15-6-8-18-16(12-15)9-10-21-18/h6,8,12,14,17H,5,7,9-11,13,20H2,1-4H3. The van der Waals surface area contributed by atoms with Gasteiger partial charge in [0, 0.05) is 12.5 Å². The second kappa shape index (κ2) is 6.83. The molecule has 1 aromatic rings. The Morgan fingerprint density at radius 3 is 2.76 bits per heavy atom. The Hall–Kier alpha value is -1.02. The molecule has 2 nitrogen and oxygen atoms in total. The number of benzene rings is 1. The molecule has 0 fully saturated rings. The molecule has 2 unspecified atom stereocenters. The fourth-order valence-corrected chi connectivity index (χ4v) is 3.51. The summed E-state index contributed by atoms with van der Waals surface area (Å²) < 4.78 is 5.55. The van der Waals surface area contributed by atoms with Gasteiger partial charge in [-0.1, -0.05) is 39.8 Å². The van der Waals surface area contributed by atoms with Gasteiger partial charge < -0.3 is 10.5 Å². The summed E-state index contributed by atoms with van der Waals surface area (Å²) in [4.78, 5) is 0. The van der Waals surface area contributed by atoms with Crippen molar-refractivity contribution in [1.82, 2.24) is 0 Å². The van der Waals surface area contributed by atoms with E-state index in [0.717, 1.165) is 38.0 Å². The molecule has 0 bridgehead atoms. The van der Waals surface area contributed by atoms with Gasteiger partial charge >= 0.3 is 0 Å². The fraction of sp³-hybridized carbons (Fsp3) is 0.684. The van der Waals surface area contributed by atoms with Gasteiger partial charge in [-0.15, -0.1) is 0 Å². The first-order valence-corrected chi connectivity index (χ1v) is 8.34. The predicted octanol–water partition coefficient (Wildman–Crippen LogP) is 4.34. The number of nitrogens with two attached hydrogens (primary N) is 1. The number of ether oxygens (including phenoxy) is 1. The van der Waals surface area contributed by atoms with Crippen LogP contribution in [0.3, 0.4) is 0 Å². The lowest BCUT2D eigenvalue weighted by atomic mass is 9.82. The first-order valence-electron chi connectivity index (χ1n) is 8.34. The van der Waals surface area contributed by atoms with E-state index in [1.807, 2.05) is 0 Å². The van der Waals surface area contributed by atoms with Crippen LogP contribution in [0.15, 0.2) is 18.2 Å². The second-order valence-corrected chi connectivity index (χ2v) is 7.94. The van der Waals surface area contributed by atoms with E-state index in [2.05, 4.69) is 45.9 Å². The summed E-state index contributed by atoms with van der Waals surface area (Å²) in [5.41, 5.74) is 9.50. The molecule has 1 aromatic carbocycles. The molecule has 2 heteroatoms. The zero-order valence-corrected chi connectivity index (χ0v) is 14.1. The lowest BCUT2D eigenvalue weighted by Gasteiger charge is -2.25. The van der Waals surface area contributed by atoms with Gasteiger partial charge in [0.1, 0.15) is 5.75 Å². The third-order valence-electron chi connectivity index (χ3n) is 4.22. The lowest BCUT2D eigenvalue weighted by molar-refractivity contribution is 0.283. The summed E-state index contributed by atoms with van der Waals surface area (Å²) in [6.07, 6.45) is 5.59. The number of aryl methyl sites for hydroxylation is 1. The Balaban J connectivity index is 1.77. The van der Waals surface area contributed by atoms with Crippen LogP contribution in [0.5, 0.6) is 5.75 Å². The SMILES string of the molecule is CC(CC(N)CCc1ccc2c(c1)CCO2)CC(C)(C)C. The molecule has 1 aliphatic heterocycles. The maximum Gasteiger partial charge on any atom is 0.122 e. The van der Waals surface area contributed by atoms with Crippen molar-refractivity contribution in [2.45, 2.75) is 65.8 Å². The molecule has 0 aliphatic carbocycles. The van der Waals surface area contributed by atoms with E-state index in [1.165, 1.54) is 17.5 Å². The van der Waals surface area contributed by atoms with Gasteiger partial charge in [-0.2, -0.15) is 0 Å².